The zero-order valence-corrected chi connectivity index (χ0v) is 12.4. The van der Waals surface area contributed by atoms with Crippen molar-refractivity contribution in [2.45, 2.75) is 19.3 Å². The normalized spacial score (nSPS) is 32.1. The van der Waals surface area contributed by atoms with Gasteiger partial charge in [0, 0.05) is 8.99 Å². The van der Waals surface area contributed by atoms with Gasteiger partial charge >= 0.3 is 5.97 Å². The molecular formula is C14H15IO3. The molecule has 18 heavy (non-hydrogen) atoms. The minimum atomic E-state index is -0.163. The van der Waals surface area contributed by atoms with E-state index in [4.69, 9.17) is 9.47 Å². The molecule has 0 aliphatic heterocycles. The zero-order valence-electron chi connectivity index (χ0n) is 10.2. The lowest BCUT2D eigenvalue weighted by Gasteiger charge is -2.68. The molecule has 0 unspecified atom stereocenters. The summed E-state index contributed by atoms with van der Waals surface area (Å²) in [5.74, 6) is 0.873. The largest absolute Gasteiger partial charge is 0.493 e. The fourth-order valence-corrected chi connectivity index (χ4v) is 3.89. The summed E-state index contributed by atoms with van der Waals surface area (Å²) in [7, 11) is 1.47. The molecule has 3 saturated carbocycles. The van der Waals surface area contributed by atoms with Gasteiger partial charge in [0.25, 0.3) is 0 Å². The summed E-state index contributed by atoms with van der Waals surface area (Å²) in [6.07, 6.45) is 2.78. The Labute approximate surface area is 120 Å². The van der Waals surface area contributed by atoms with Gasteiger partial charge in [0.05, 0.1) is 19.1 Å². The molecule has 0 atom stereocenters. The molecule has 0 heterocycles. The highest BCUT2D eigenvalue weighted by molar-refractivity contribution is 14.1. The maximum Gasteiger partial charge on any atom is 0.311 e. The lowest BCUT2D eigenvalue weighted by Crippen LogP contribution is -2.67. The molecule has 3 fully saturated rings. The minimum Gasteiger partial charge on any atom is -0.493 e. The van der Waals surface area contributed by atoms with Crippen LogP contribution in [0.1, 0.15) is 19.3 Å². The number of carbonyl (C=O) groups is 1. The Hall–Kier alpha value is -0.780. The van der Waals surface area contributed by atoms with Gasteiger partial charge in [0.1, 0.15) is 5.75 Å². The average Bonchev–Trinajstić information content (AvgIpc) is 2.25. The van der Waals surface area contributed by atoms with Crippen LogP contribution in [0.2, 0.25) is 0 Å². The molecule has 4 heteroatoms. The highest BCUT2D eigenvalue weighted by atomic mass is 127. The molecule has 2 bridgehead atoms. The summed E-state index contributed by atoms with van der Waals surface area (Å²) in [6.45, 7) is 0.714. The molecule has 0 saturated heterocycles. The SMILES string of the molecule is COC(=O)C12CC(COc3cccc(I)c3)(C1)C2. The van der Waals surface area contributed by atoms with Crippen LogP contribution in [0.15, 0.2) is 24.3 Å². The molecule has 0 N–H and O–H groups in total. The van der Waals surface area contributed by atoms with Crippen molar-refractivity contribution >= 4 is 28.6 Å². The fraction of sp³-hybridized carbons (Fsp3) is 0.500. The second kappa shape index (κ2) is 4.11. The molecule has 3 aliphatic rings. The highest BCUT2D eigenvalue weighted by Crippen LogP contribution is 2.73. The predicted molar refractivity (Wildman–Crippen MR) is 75.4 cm³/mol. The molecule has 0 radical (unpaired) electrons. The van der Waals surface area contributed by atoms with Gasteiger partial charge in [0.2, 0.25) is 0 Å². The van der Waals surface area contributed by atoms with Crippen molar-refractivity contribution in [2.24, 2.45) is 10.8 Å². The lowest BCUT2D eigenvalue weighted by atomic mass is 9.35. The number of benzene rings is 1. The van der Waals surface area contributed by atoms with Crippen LogP contribution in [0.3, 0.4) is 0 Å². The topological polar surface area (TPSA) is 35.5 Å². The van der Waals surface area contributed by atoms with Crippen molar-refractivity contribution in [3.63, 3.8) is 0 Å². The summed E-state index contributed by atoms with van der Waals surface area (Å²) in [5.41, 5.74) is 0.0681. The summed E-state index contributed by atoms with van der Waals surface area (Å²) in [5, 5.41) is 0. The summed E-state index contributed by atoms with van der Waals surface area (Å²) >= 11 is 2.27. The Balaban J connectivity index is 1.54. The quantitative estimate of drug-likeness (QED) is 0.613. The van der Waals surface area contributed by atoms with E-state index < -0.39 is 0 Å². The average molecular weight is 358 g/mol. The maximum absolute atomic E-state index is 11.6. The standard InChI is InChI=1S/C14H15IO3/c1-17-12(16)14-6-13(7-14,8-14)9-18-11-4-2-3-10(15)5-11/h2-5H,6-9H2,1H3. The molecular weight excluding hydrogens is 343 g/mol. The van der Waals surface area contributed by atoms with Crippen molar-refractivity contribution in [2.75, 3.05) is 13.7 Å². The van der Waals surface area contributed by atoms with E-state index in [9.17, 15) is 4.79 Å². The number of rotatable bonds is 4. The zero-order chi connectivity index (χ0) is 12.8. The van der Waals surface area contributed by atoms with Crippen LogP contribution in [0.25, 0.3) is 0 Å². The molecule has 96 valence electrons. The van der Waals surface area contributed by atoms with Gasteiger partial charge in [-0.25, -0.2) is 0 Å². The van der Waals surface area contributed by atoms with Gasteiger partial charge in [-0.3, -0.25) is 4.79 Å². The number of methoxy groups -OCH3 is 1. The molecule has 0 aromatic heterocycles. The van der Waals surface area contributed by atoms with E-state index in [2.05, 4.69) is 22.6 Å². The Kier molecular flexibility index (Phi) is 2.80. The first kappa shape index (κ1) is 12.3. The summed E-state index contributed by atoms with van der Waals surface area (Å²) in [4.78, 5) is 11.6. The van der Waals surface area contributed by atoms with Crippen LogP contribution >= 0.6 is 22.6 Å². The second-order valence-corrected chi connectivity index (χ2v) is 6.79. The van der Waals surface area contributed by atoms with E-state index in [-0.39, 0.29) is 16.8 Å². The van der Waals surface area contributed by atoms with Crippen LogP contribution in [0.5, 0.6) is 5.75 Å². The minimum absolute atomic E-state index is 0.0429. The van der Waals surface area contributed by atoms with E-state index in [1.807, 2.05) is 24.3 Å². The Bertz CT molecular complexity index is 478. The Morgan fingerprint density at radius 2 is 2.11 bits per heavy atom. The third kappa shape index (κ3) is 1.81. The third-order valence-electron chi connectivity index (χ3n) is 4.10. The fourth-order valence-electron chi connectivity index (χ4n) is 3.38. The molecule has 3 aliphatic carbocycles. The van der Waals surface area contributed by atoms with Crippen molar-refractivity contribution in [3.8, 4) is 5.75 Å². The molecule has 0 amide bonds. The van der Waals surface area contributed by atoms with E-state index in [1.54, 1.807) is 0 Å². The van der Waals surface area contributed by atoms with E-state index in [0.717, 1.165) is 25.0 Å². The number of hydrogen-bond acceptors (Lipinski definition) is 3. The molecule has 4 rings (SSSR count). The Morgan fingerprint density at radius 1 is 1.39 bits per heavy atom. The molecule has 0 spiro atoms. The number of carbonyl (C=O) groups excluding carboxylic acids is 1. The number of esters is 1. The third-order valence-corrected chi connectivity index (χ3v) is 4.77. The summed E-state index contributed by atoms with van der Waals surface area (Å²) < 4.78 is 11.8. The molecule has 1 aromatic carbocycles. The molecule has 3 nitrogen and oxygen atoms in total. The smallest absolute Gasteiger partial charge is 0.311 e. The first-order valence-electron chi connectivity index (χ1n) is 6.04. The van der Waals surface area contributed by atoms with E-state index in [0.29, 0.717) is 6.61 Å². The predicted octanol–water partition coefficient (Wildman–Crippen LogP) is 3.01. The first-order valence-corrected chi connectivity index (χ1v) is 7.12. The van der Waals surface area contributed by atoms with E-state index >= 15 is 0 Å². The number of halogens is 1. The first-order chi connectivity index (χ1) is 8.57. The highest BCUT2D eigenvalue weighted by Gasteiger charge is 2.72. The number of hydrogen-bond donors (Lipinski definition) is 0. The monoisotopic (exact) mass is 358 g/mol. The number of ether oxygens (including phenoxy) is 2. The van der Waals surface area contributed by atoms with Crippen molar-refractivity contribution in [1.29, 1.82) is 0 Å². The van der Waals surface area contributed by atoms with Gasteiger partial charge in [-0.1, -0.05) is 6.07 Å². The molecule has 1 aromatic rings. The lowest BCUT2D eigenvalue weighted by molar-refractivity contribution is -0.233. The Morgan fingerprint density at radius 3 is 2.72 bits per heavy atom. The van der Waals surface area contributed by atoms with Crippen LogP contribution in [-0.2, 0) is 9.53 Å². The van der Waals surface area contributed by atoms with Crippen LogP contribution in [0.4, 0.5) is 0 Å². The van der Waals surface area contributed by atoms with Crippen molar-refractivity contribution in [1.82, 2.24) is 0 Å². The van der Waals surface area contributed by atoms with Crippen LogP contribution in [0, 0.1) is 14.4 Å². The van der Waals surface area contributed by atoms with Crippen molar-refractivity contribution < 1.29 is 14.3 Å². The second-order valence-electron chi connectivity index (χ2n) is 5.55. The van der Waals surface area contributed by atoms with Gasteiger partial charge < -0.3 is 9.47 Å². The van der Waals surface area contributed by atoms with Crippen molar-refractivity contribution in [3.05, 3.63) is 27.8 Å². The maximum atomic E-state index is 11.6. The van der Waals surface area contributed by atoms with Crippen LogP contribution < -0.4 is 4.74 Å². The van der Waals surface area contributed by atoms with Gasteiger partial charge in [-0.15, -0.1) is 0 Å². The van der Waals surface area contributed by atoms with Crippen LogP contribution in [-0.4, -0.2) is 19.7 Å². The summed E-state index contributed by atoms with van der Waals surface area (Å²) in [6, 6.07) is 8.04. The van der Waals surface area contributed by atoms with E-state index in [1.165, 1.54) is 10.7 Å². The van der Waals surface area contributed by atoms with Gasteiger partial charge in [0.15, 0.2) is 0 Å². The van der Waals surface area contributed by atoms with Gasteiger partial charge in [-0.2, -0.15) is 0 Å². The van der Waals surface area contributed by atoms with Gasteiger partial charge in [-0.05, 0) is 60.1 Å².